The third-order valence-electron chi connectivity index (χ3n) is 4.18. The molecule has 1 fully saturated rings. The fraction of sp³-hybridized carbons (Fsp3) is 0.556. The molecule has 1 heterocycles. The minimum absolute atomic E-state index is 0.0202. The Balaban J connectivity index is 1.82. The van der Waals surface area contributed by atoms with Gasteiger partial charge in [-0.25, -0.2) is 4.79 Å². The average molecular weight is 317 g/mol. The van der Waals surface area contributed by atoms with Crippen molar-refractivity contribution in [3.63, 3.8) is 0 Å². The zero-order chi connectivity index (χ0) is 16.8. The molecule has 1 aliphatic heterocycles. The third-order valence-corrected chi connectivity index (χ3v) is 4.18. The van der Waals surface area contributed by atoms with Gasteiger partial charge in [0.15, 0.2) is 0 Å². The van der Waals surface area contributed by atoms with Gasteiger partial charge in [0.05, 0.1) is 0 Å². The lowest BCUT2D eigenvalue weighted by atomic mass is 9.95. The van der Waals surface area contributed by atoms with E-state index in [-0.39, 0.29) is 23.9 Å². The number of urea groups is 1. The molecule has 2 rings (SSSR count). The van der Waals surface area contributed by atoms with E-state index in [1.807, 2.05) is 51.2 Å². The largest absolute Gasteiger partial charge is 0.341 e. The highest BCUT2D eigenvalue weighted by Gasteiger charge is 2.29. The molecule has 1 aromatic carbocycles. The molecule has 1 N–H and O–H groups in total. The molecule has 1 aliphatic rings. The summed E-state index contributed by atoms with van der Waals surface area (Å²) < 4.78 is 0. The molecule has 0 saturated carbocycles. The number of hydrogen-bond donors (Lipinski definition) is 1. The normalized spacial score (nSPS) is 15.6. The van der Waals surface area contributed by atoms with Crippen LogP contribution in [0.5, 0.6) is 0 Å². The zero-order valence-electron chi connectivity index (χ0n) is 14.3. The van der Waals surface area contributed by atoms with Gasteiger partial charge >= 0.3 is 6.03 Å². The molecule has 0 spiro atoms. The Hall–Kier alpha value is -2.04. The maximum absolute atomic E-state index is 12.6. The Morgan fingerprint density at radius 2 is 1.83 bits per heavy atom. The summed E-state index contributed by atoms with van der Waals surface area (Å²) in [4.78, 5) is 28.1. The number of nitrogens with one attached hydrogen (secondary N) is 1. The van der Waals surface area contributed by atoms with Gasteiger partial charge in [-0.15, -0.1) is 0 Å². The number of benzene rings is 1. The van der Waals surface area contributed by atoms with Crippen LogP contribution in [-0.4, -0.2) is 47.9 Å². The van der Waals surface area contributed by atoms with Crippen molar-refractivity contribution in [3.8, 4) is 0 Å². The first kappa shape index (κ1) is 17.3. The van der Waals surface area contributed by atoms with E-state index >= 15 is 0 Å². The Bertz CT molecular complexity index is 522. The molecule has 0 aromatic heterocycles. The Morgan fingerprint density at radius 1 is 1.22 bits per heavy atom. The monoisotopic (exact) mass is 317 g/mol. The Morgan fingerprint density at radius 3 is 2.39 bits per heavy atom. The highest BCUT2D eigenvalue weighted by atomic mass is 16.2. The molecule has 0 aliphatic carbocycles. The van der Waals surface area contributed by atoms with Gasteiger partial charge < -0.3 is 15.1 Å². The van der Waals surface area contributed by atoms with E-state index in [1.165, 1.54) is 0 Å². The van der Waals surface area contributed by atoms with E-state index < -0.39 is 0 Å². The summed E-state index contributed by atoms with van der Waals surface area (Å²) in [5, 5.41) is 2.90. The number of rotatable bonds is 4. The number of likely N-dealkylation sites (tertiary alicyclic amines) is 1. The first-order valence-corrected chi connectivity index (χ1v) is 8.31. The van der Waals surface area contributed by atoms with Crippen molar-refractivity contribution in [2.75, 3.05) is 20.1 Å². The van der Waals surface area contributed by atoms with E-state index in [9.17, 15) is 9.59 Å². The van der Waals surface area contributed by atoms with Crippen molar-refractivity contribution in [2.45, 2.75) is 39.3 Å². The van der Waals surface area contributed by atoms with Crippen molar-refractivity contribution in [3.05, 3.63) is 35.9 Å². The molecule has 0 atom stereocenters. The molecule has 0 radical (unpaired) electrons. The molecular formula is C18H27N3O2. The van der Waals surface area contributed by atoms with E-state index in [1.54, 1.807) is 9.80 Å². The lowest BCUT2D eigenvalue weighted by Crippen LogP contribution is -2.48. The molecular weight excluding hydrogens is 290 g/mol. The minimum atomic E-state index is -0.0245. The summed E-state index contributed by atoms with van der Waals surface area (Å²) in [7, 11) is 1.85. The van der Waals surface area contributed by atoms with Crippen molar-refractivity contribution in [1.29, 1.82) is 0 Å². The number of carbonyl (C=O) groups excluding carboxylic acids is 2. The maximum atomic E-state index is 12.6. The van der Waals surface area contributed by atoms with Crippen LogP contribution in [0.25, 0.3) is 0 Å². The molecule has 1 aromatic rings. The maximum Gasteiger partial charge on any atom is 0.317 e. The third kappa shape index (κ3) is 4.98. The van der Waals surface area contributed by atoms with Gasteiger partial charge in [-0.1, -0.05) is 30.3 Å². The highest BCUT2D eigenvalue weighted by molar-refractivity contribution is 5.79. The van der Waals surface area contributed by atoms with Crippen LogP contribution in [0, 0.1) is 5.92 Å². The van der Waals surface area contributed by atoms with E-state index in [0.29, 0.717) is 19.6 Å². The molecule has 0 unspecified atom stereocenters. The second-order valence-electron chi connectivity index (χ2n) is 6.55. The SMILES string of the molecule is CC(C)NC(=O)N1CCC(C(=O)N(C)Cc2ccccc2)CC1. The van der Waals surface area contributed by atoms with Gasteiger partial charge in [0.1, 0.15) is 0 Å². The predicted octanol–water partition coefficient (Wildman–Crippen LogP) is 2.47. The van der Waals surface area contributed by atoms with Gasteiger partial charge in [-0.3, -0.25) is 4.79 Å². The summed E-state index contributed by atoms with van der Waals surface area (Å²) in [6.45, 7) is 5.83. The van der Waals surface area contributed by atoms with Gasteiger partial charge in [0, 0.05) is 38.6 Å². The van der Waals surface area contributed by atoms with Gasteiger partial charge in [-0.2, -0.15) is 0 Å². The summed E-state index contributed by atoms with van der Waals surface area (Å²) in [5.74, 6) is 0.199. The lowest BCUT2D eigenvalue weighted by molar-refractivity contribution is -0.136. The second-order valence-corrected chi connectivity index (χ2v) is 6.55. The Labute approximate surface area is 138 Å². The first-order valence-electron chi connectivity index (χ1n) is 8.31. The molecule has 5 heteroatoms. The molecule has 126 valence electrons. The van der Waals surface area contributed by atoms with Crippen LogP contribution in [0.4, 0.5) is 4.79 Å². The smallest absolute Gasteiger partial charge is 0.317 e. The van der Waals surface area contributed by atoms with Crippen molar-refractivity contribution >= 4 is 11.9 Å². The van der Waals surface area contributed by atoms with E-state index in [0.717, 1.165) is 18.4 Å². The number of amides is 3. The predicted molar refractivity (Wildman–Crippen MR) is 90.9 cm³/mol. The lowest BCUT2D eigenvalue weighted by Gasteiger charge is -2.33. The van der Waals surface area contributed by atoms with Crippen LogP contribution in [-0.2, 0) is 11.3 Å². The first-order chi connectivity index (χ1) is 11.0. The van der Waals surface area contributed by atoms with Crippen molar-refractivity contribution in [2.24, 2.45) is 5.92 Å². The molecule has 3 amide bonds. The van der Waals surface area contributed by atoms with Gasteiger partial charge in [0.2, 0.25) is 5.91 Å². The quantitative estimate of drug-likeness (QED) is 0.927. The minimum Gasteiger partial charge on any atom is -0.341 e. The van der Waals surface area contributed by atoms with Crippen LogP contribution in [0.3, 0.4) is 0 Å². The summed E-state index contributed by atoms with van der Waals surface area (Å²) in [6.07, 6.45) is 1.48. The number of carbonyl (C=O) groups is 2. The molecule has 5 nitrogen and oxygen atoms in total. The van der Waals surface area contributed by atoms with Gasteiger partial charge in [-0.05, 0) is 32.3 Å². The van der Waals surface area contributed by atoms with Crippen LogP contribution in [0.1, 0.15) is 32.3 Å². The second kappa shape index (κ2) is 7.99. The van der Waals surface area contributed by atoms with Crippen LogP contribution >= 0.6 is 0 Å². The fourth-order valence-corrected chi connectivity index (χ4v) is 2.91. The van der Waals surface area contributed by atoms with Crippen molar-refractivity contribution < 1.29 is 9.59 Å². The van der Waals surface area contributed by atoms with Gasteiger partial charge in [0.25, 0.3) is 0 Å². The van der Waals surface area contributed by atoms with Crippen LogP contribution in [0.2, 0.25) is 0 Å². The molecule has 1 saturated heterocycles. The average Bonchev–Trinajstić information content (AvgIpc) is 2.54. The van der Waals surface area contributed by atoms with Crippen molar-refractivity contribution in [1.82, 2.24) is 15.1 Å². The summed E-state index contributed by atoms with van der Waals surface area (Å²) in [5.41, 5.74) is 1.14. The molecule has 23 heavy (non-hydrogen) atoms. The number of piperidine rings is 1. The van der Waals surface area contributed by atoms with Crippen LogP contribution < -0.4 is 5.32 Å². The zero-order valence-corrected chi connectivity index (χ0v) is 14.3. The Kier molecular flexibility index (Phi) is 6.02. The highest BCUT2D eigenvalue weighted by Crippen LogP contribution is 2.20. The van der Waals surface area contributed by atoms with Crippen LogP contribution in [0.15, 0.2) is 30.3 Å². The fourth-order valence-electron chi connectivity index (χ4n) is 2.91. The summed E-state index contributed by atoms with van der Waals surface area (Å²) in [6, 6.07) is 10.1. The number of nitrogens with zero attached hydrogens (tertiary/aromatic N) is 2. The van der Waals surface area contributed by atoms with E-state index in [4.69, 9.17) is 0 Å². The summed E-state index contributed by atoms with van der Waals surface area (Å²) >= 11 is 0. The standard InChI is InChI=1S/C18H27N3O2/c1-14(2)19-18(23)21-11-9-16(10-12-21)17(22)20(3)13-15-7-5-4-6-8-15/h4-8,14,16H,9-13H2,1-3H3,(H,19,23). The molecule has 0 bridgehead atoms. The van der Waals surface area contributed by atoms with E-state index in [2.05, 4.69) is 5.32 Å². The topological polar surface area (TPSA) is 52.7 Å². The number of hydrogen-bond acceptors (Lipinski definition) is 2.